The molecule has 1 N–H and O–H groups in total. The lowest BCUT2D eigenvalue weighted by Crippen LogP contribution is -2.12. The smallest absolute Gasteiger partial charge is 0.263 e. The van der Waals surface area contributed by atoms with E-state index in [2.05, 4.69) is 19.9 Å². The van der Waals surface area contributed by atoms with Crippen LogP contribution in [0.4, 0.5) is 9.52 Å². The number of benzene rings is 3. The van der Waals surface area contributed by atoms with Gasteiger partial charge in [0, 0.05) is 27.7 Å². The van der Waals surface area contributed by atoms with E-state index in [0.717, 1.165) is 11.3 Å². The van der Waals surface area contributed by atoms with E-state index in [0.29, 0.717) is 43.9 Å². The second-order valence-corrected chi connectivity index (χ2v) is 10.4. The fraction of sp³-hybridized carbons (Fsp3) is 0.0417. The molecule has 0 fully saturated rings. The zero-order chi connectivity index (χ0) is 24.6. The molecular formula is C24H16ClFN4O3S2. The number of sulfonamides is 1. The third kappa shape index (κ3) is 4.55. The van der Waals surface area contributed by atoms with Crippen LogP contribution in [0.1, 0.15) is 0 Å². The molecule has 5 rings (SSSR count). The maximum atomic E-state index is 13.8. The molecule has 0 amide bonds. The summed E-state index contributed by atoms with van der Waals surface area (Å²) in [5.74, 6) is 0.118. The van der Waals surface area contributed by atoms with E-state index in [1.807, 2.05) is 0 Å². The van der Waals surface area contributed by atoms with Gasteiger partial charge in [0.15, 0.2) is 0 Å². The Hall–Kier alpha value is -3.60. The average molecular weight is 527 g/mol. The van der Waals surface area contributed by atoms with Crippen LogP contribution >= 0.6 is 22.9 Å². The first kappa shape index (κ1) is 23.2. The van der Waals surface area contributed by atoms with Gasteiger partial charge in [0.1, 0.15) is 17.1 Å². The van der Waals surface area contributed by atoms with Crippen molar-refractivity contribution in [2.45, 2.75) is 4.90 Å². The number of nitrogens with zero attached hydrogens (tertiary/aromatic N) is 3. The molecule has 0 aliphatic rings. The van der Waals surface area contributed by atoms with Crippen molar-refractivity contribution >= 4 is 48.9 Å². The van der Waals surface area contributed by atoms with E-state index < -0.39 is 10.0 Å². The number of halogens is 2. The highest BCUT2D eigenvalue weighted by Crippen LogP contribution is 2.41. The Morgan fingerprint density at radius 1 is 1.06 bits per heavy atom. The number of hydrogen-bond acceptors (Lipinski definition) is 7. The highest BCUT2D eigenvalue weighted by molar-refractivity contribution is 7.93. The minimum absolute atomic E-state index is 0.0730. The molecule has 5 aromatic rings. The number of aromatic nitrogens is 3. The van der Waals surface area contributed by atoms with Crippen LogP contribution in [0, 0.1) is 5.82 Å². The third-order valence-corrected chi connectivity index (χ3v) is 7.69. The van der Waals surface area contributed by atoms with Gasteiger partial charge in [0.05, 0.1) is 17.7 Å². The van der Waals surface area contributed by atoms with E-state index in [-0.39, 0.29) is 15.8 Å². The minimum Gasteiger partial charge on any atom is -0.496 e. The molecule has 35 heavy (non-hydrogen) atoms. The number of pyridine rings is 1. The molecule has 0 unspecified atom stereocenters. The first-order chi connectivity index (χ1) is 16.9. The monoisotopic (exact) mass is 526 g/mol. The Morgan fingerprint density at radius 3 is 2.66 bits per heavy atom. The van der Waals surface area contributed by atoms with Crippen molar-refractivity contribution in [2.75, 3.05) is 11.8 Å². The summed E-state index contributed by atoms with van der Waals surface area (Å²) in [5.41, 5.74) is 3.85. The van der Waals surface area contributed by atoms with E-state index in [9.17, 15) is 12.8 Å². The van der Waals surface area contributed by atoms with Crippen molar-refractivity contribution < 1.29 is 17.5 Å². The molecule has 0 saturated heterocycles. The Morgan fingerprint density at radius 2 is 1.91 bits per heavy atom. The Labute approximate surface area is 209 Å². The van der Waals surface area contributed by atoms with Gasteiger partial charge in [0.25, 0.3) is 10.0 Å². The van der Waals surface area contributed by atoms with Crippen LogP contribution < -0.4 is 9.46 Å². The van der Waals surface area contributed by atoms with Crippen LogP contribution in [0.3, 0.4) is 0 Å². The summed E-state index contributed by atoms with van der Waals surface area (Å²) in [6.07, 6.45) is 1.58. The lowest BCUT2D eigenvalue weighted by molar-refractivity contribution is 0.416. The summed E-state index contributed by atoms with van der Waals surface area (Å²) in [4.78, 5) is 4.59. The summed E-state index contributed by atoms with van der Waals surface area (Å²) in [7, 11) is -2.33. The molecule has 0 saturated carbocycles. The van der Waals surface area contributed by atoms with Crippen LogP contribution in [-0.2, 0) is 10.0 Å². The van der Waals surface area contributed by atoms with Gasteiger partial charge in [-0.05, 0) is 53.4 Å². The van der Waals surface area contributed by atoms with E-state index in [1.54, 1.807) is 48.7 Å². The van der Waals surface area contributed by atoms with Gasteiger partial charge >= 0.3 is 0 Å². The molecule has 0 spiro atoms. The quantitative estimate of drug-likeness (QED) is 0.290. The normalized spacial score (nSPS) is 11.5. The second-order valence-electron chi connectivity index (χ2n) is 7.43. The first-order valence-corrected chi connectivity index (χ1v) is 12.9. The number of anilines is 1. The number of fused-ring (bicyclic) bond motifs is 1. The lowest BCUT2D eigenvalue weighted by Gasteiger charge is -2.15. The Kier molecular flexibility index (Phi) is 6.10. The summed E-state index contributed by atoms with van der Waals surface area (Å²) in [6.45, 7) is 0. The standard InChI is InChI=1S/C24H16ClFN4O3S2/c1-33-22-12-19(14-3-2-4-16(26)9-14)21(25)11-20(22)23-18-6-5-17(10-15(18)7-8-27-23)35(31,32)30-24-29-28-13-34-24/h2-13H,1H3,(H,29,30). The second kappa shape index (κ2) is 9.21. The van der Waals surface area contributed by atoms with E-state index in [1.165, 1.54) is 30.8 Å². The number of hydrogen-bond donors (Lipinski definition) is 1. The van der Waals surface area contributed by atoms with Crippen molar-refractivity contribution in [3.8, 4) is 28.1 Å². The number of nitrogens with one attached hydrogen (secondary N) is 1. The van der Waals surface area contributed by atoms with Gasteiger partial charge in [-0.25, -0.2) is 12.8 Å². The van der Waals surface area contributed by atoms with Gasteiger partial charge in [-0.15, -0.1) is 10.2 Å². The van der Waals surface area contributed by atoms with Crippen LogP contribution in [0.25, 0.3) is 33.2 Å². The number of methoxy groups -OCH3 is 1. The Bertz CT molecular complexity index is 1660. The SMILES string of the molecule is COc1cc(-c2cccc(F)c2)c(Cl)cc1-c1nccc2cc(S(=O)(=O)Nc3nncs3)ccc12. The van der Waals surface area contributed by atoms with Crippen molar-refractivity contribution in [3.05, 3.63) is 83.2 Å². The maximum Gasteiger partial charge on any atom is 0.263 e. The third-order valence-electron chi connectivity index (χ3n) is 5.31. The van der Waals surface area contributed by atoms with Gasteiger partial charge in [-0.1, -0.05) is 41.1 Å². The average Bonchev–Trinajstić information content (AvgIpc) is 3.35. The van der Waals surface area contributed by atoms with Crippen molar-refractivity contribution in [1.82, 2.24) is 15.2 Å². The van der Waals surface area contributed by atoms with Crippen molar-refractivity contribution in [2.24, 2.45) is 0 Å². The van der Waals surface area contributed by atoms with Gasteiger partial charge in [-0.2, -0.15) is 0 Å². The molecule has 2 aromatic heterocycles. The fourth-order valence-corrected chi connectivity index (χ4v) is 5.71. The largest absolute Gasteiger partial charge is 0.496 e. The highest BCUT2D eigenvalue weighted by Gasteiger charge is 2.19. The zero-order valence-electron chi connectivity index (χ0n) is 18.1. The molecule has 0 bridgehead atoms. The van der Waals surface area contributed by atoms with E-state index >= 15 is 0 Å². The molecule has 0 aliphatic carbocycles. The number of rotatable bonds is 6. The zero-order valence-corrected chi connectivity index (χ0v) is 20.5. The summed E-state index contributed by atoms with van der Waals surface area (Å²) in [5, 5.41) is 9.30. The topological polar surface area (TPSA) is 94.1 Å². The summed E-state index contributed by atoms with van der Waals surface area (Å²) >= 11 is 7.68. The molecule has 11 heteroatoms. The van der Waals surface area contributed by atoms with Crippen molar-refractivity contribution in [1.29, 1.82) is 0 Å². The van der Waals surface area contributed by atoms with Crippen molar-refractivity contribution in [3.63, 3.8) is 0 Å². The molecule has 0 aliphatic heterocycles. The maximum absolute atomic E-state index is 13.8. The molecule has 0 radical (unpaired) electrons. The predicted octanol–water partition coefficient (Wildman–Crippen LogP) is 6.02. The van der Waals surface area contributed by atoms with Crippen LogP contribution in [0.2, 0.25) is 5.02 Å². The molecule has 176 valence electrons. The molecule has 3 aromatic carbocycles. The minimum atomic E-state index is -3.85. The van der Waals surface area contributed by atoms with Crippen LogP contribution in [-0.4, -0.2) is 30.7 Å². The summed E-state index contributed by atoms with van der Waals surface area (Å²) < 4.78 is 47.4. The van der Waals surface area contributed by atoms with Gasteiger partial charge < -0.3 is 4.74 Å². The number of ether oxygens (including phenoxy) is 1. The van der Waals surface area contributed by atoms with Crippen LogP contribution in [0.15, 0.2) is 77.3 Å². The summed E-state index contributed by atoms with van der Waals surface area (Å²) in [6, 6.07) is 16.0. The Balaban J connectivity index is 1.60. The fourth-order valence-electron chi connectivity index (χ4n) is 3.71. The molecule has 7 nitrogen and oxygen atoms in total. The molecule has 2 heterocycles. The first-order valence-electron chi connectivity index (χ1n) is 10.2. The van der Waals surface area contributed by atoms with Crippen LogP contribution in [0.5, 0.6) is 5.75 Å². The van der Waals surface area contributed by atoms with E-state index in [4.69, 9.17) is 16.3 Å². The molecular weight excluding hydrogens is 511 g/mol. The predicted molar refractivity (Wildman–Crippen MR) is 135 cm³/mol. The highest BCUT2D eigenvalue weighted by atomic mass is 35.5. The molecule has 0 atom stereocenters. The van der Waals surface area contributed by atoms with Gasteiger partial charge in [-0.3, -0.25) is 9.71 Å². The lowest BCUT2D eigenvalue weighted by atomic mass is 9.98. The van der Waals surface area contributed by atoms with Gasteiger partial charge in [0.2, 0.25) is 5.13 Å².